The molecule has 0 saturated carbocycles. The van der Waals surface area contributed by atoms with E-state index in [1.807, 2.05) is 49.4 Å². The van der Waals surface area contributed by atoms with Crippen molar-refractivity contribution in [2.75, 3.05) is 13.7 Å². The van der Waals surface area contributed by atoms with E-state index in [9.17, 15) is 5.11 Å². The van der Waals surface area contributed by atoms with Gasteiger partial charge in [-0.2, -0.15) is 0 Å². The van der Waals surface area contributed by atoms with Crippen molar-refractivity contribution in [3.05, 3.63) is 65.2 Å². The van der Waals surface area contributed by atoms with Gasteiger partial charge in [-0.3, -0.25) is 0 Å². The zero-order chi connectivity index (χ0) is 14.4. The minimum atomic E-state index is -0.0430. The fourth-order valence-electron chi connectivity index (χ4n) is 2.26. The molecule has 2 rings (SSSR count). The van der Waals surface area contributed by atoms with Gasteiger partial charge in [0.05, 0.1) is 19.8 Å². The van der Waals surface area contributed by atoms with Gasteiger partial charge in [0, 0.05) is 6.54 Å². The predicted octanol–water partition coefficient (Wildman–Crippen LogP) is 2.83. The van der Waals surface area contributed by atoms with E-state index in [0.717, 1.165) is 16.9 Å². The summed E-state index contributed by atoms with van der Waals surface area (Å²) in [6.07, 6.45) is 0. The van der Waals surface area contributed by atoms with E-state index in [-0.39, 0.29) is 12.6 Å². The molecule has 0 spiro atoms. The number of nitrogens with one attached hydrogen (secondary N) is 1. The van der Waals surface area contributed by atoms with Gasteiger partial charge < -0.3 is 15.2 Å². The molecule has 106 valence electrons. The van der Waals surface area contributed by atoms with Crippen LogP contribution >= 0.6 is 0 Å². The summed E-state index contributed by atoms with van der Waals surface area (Å²) in [5.74, 6) is 0.899. The first kappa shape index (κ1) is 14.6. The Hall–Kier alpha value is -1.84. The summed E-state index contributed by atoms with van der Waals surface area (Å²) in [6.45, 7) is 2.83. The van der Waals surface area contributed by atoms with Crippen LogP contribution in [-0.2, 0) is 6.54 Å². The maximum atomic E-state index is 9.51. The third-order valence-corrected chi connectivity index (χ3v) is 3.40. The largest absolute Gasteiger partial charge is 0.496 e. The van der Waals surface area contributed by atoms with Crippen LogP contribution < -0.4 is 10.1 Å². The highest BCUT2D eigenvalue weighted by Crippen LogP contribution is 2.19. The molecule has 0 fully saturated rings. The average Bonchev–Trinajstić information content (AvgIpc) is 2.49. The molecule has 0 radical (unpaired) electrons. The SMILES string of the molecule is COc1ccc(CN[C@@H](CO)c2ccccc2)cc1C. The zero-order valence-corrected chi connectivity index (χ0v) is 12.0. The van der Waals surface area contributed by atoms with Crippen LogP contribution in [0.15, 0.2) is 48.5 Å². The Morgan fingerprint density at radius 2 is 1.90 bits per heavy atom. The van der Waals surface area contributed by atoms with E-state index in [4.69, 9.17) is 4.74 Å². The molecule has 1 atom stereocenters. The van der Waals surface area contributed by atoms with E-state index in [1.165, 1.54) is 5.56 Å². The Morgan fingerprint density at radius 1 is 1.15 bits per heavy atom. The minimum Gasteiger partial charge on any atom is -0.496 e. The van der Waals surface area contributed by atoms with Crippen LogP contribution in [-0.4, -0.2) is 18.8 Å². The Morgan fingerprint density at radius 3 is 2.50 bits per heavy atom. The van der Waals surface area contributed by atoms with E-state index in [1.54, 1.807) is 7.11 Å². The van der Waals surface area contributed by atoms with Crippen LogP contribution in [0.4, 0.5) is 0 Å². The lowest BCUT2D eigenvalue weighted by Gasteiger charge is -2.17. The molecule has 3 nitrogen and oxygen atoms in total. The third-order valence-electron chi connectivity index (χ3n) is 3.40. The van der Waals surface area contributed by atoms with Crippen LogP contribution in [0.3, 0.4) is 0 Å². The summed E-state index contributed by atoms with van der Waals surface area (Å²) >= 11 is 0. The molecule has 0 aliphatic rings. The molecular formula is C17H21NO2. The minimum absolute atomic E-state index is 0.0430. The van der Waals surface area contributed by atoms with Crippen molar-refractivity contribution in [3.63, 3.8) is 0 Å². The Balaban J connectivity index is 2.02. The molecule has 0 bridgehead atoms. The van der Waals surface area contributed by atoms with Crippen LogP contribution in [0.25, 0.3) is 0 Å². The fourth-order valence-corrected chi connectivity index (χ4v) is 2.26. The molecule has 2 aromatic rings. The standard InChI is InChI=1S/C17H21NO2/c1-13-10-14(8-9-17(13)20-2)11-18-16(12-19)15-6-4-3-5-7-15/h3-10,16,18-19H,11-12H2,1-2H3/t16-/m0/s1. The number of methoxy groups -OCH3 is 1. The Bertz CT molecular complexity index is 540. The van der Waals surface area contributed by atoms with E-state index < -0.39 is 0 Å². The molecule has 0 amide bonds. The highest BCUT2D eigenvalue weighted by atomic mass is 16.5. The van der Waals surface area contributed by atoms with Gasteiger partial charge >= 0.3 is 0 Å². The molecule has 0 unspecified atom stereocenters. The number of hydrogen-bond donors (Lipinski definition) is 2. The molecule has 3 heteroatoms. The maximum Gasteiger partial charge on any atom is 0.121 e. The summed E-state index contributed by atoms with van der Waals surface area (Å²) in [5.41, 5.74) is 3.39. The van der Waals surface area contributed by atoms with Crippen molar-refractivity contribution < 1.29 is 9.84 Å². The predicted molar refractivity (Wildman–Crippen MR) is 80.8 cm³/mol. The van der Waals surface area contributed by atoms with Crippen molar-refractivity contribution in [3.8, 4) is 5.75 Å². The van der Waals surface area contributed by atoms with Crippen molar-refractivity contribution in [1.29, 1.82) is 0 Å². The number of benzene rings is 2. The monoisotopic (exact) mass is 271 g/mol. The van der Waals surface area contributed by atoms with E-state index >= 15 is 0 Å². The topological polar surface area (TPSA) is 41.5 Å². The molecule has 20 heavy (non-hydrogen) atoms. The second-order valence-corrected chi connectivity index (χ2v) is 4.83. The molecule has 2 aromatic carbocycles. The third kappa shape index (κ3) is 3.59. The molecule has 0 saturated heterocycles. The summed E-state index contributed by atoms with van der Waals surface area (Å²) in [5, 5.41) is 12.9. The fraction of sp³-hybridized carbons (Fsp3) is 0.294. The van der Waals surface area contributed by atoms with Gasteiger partial charge in [0.15, 0.2) is 0 Å². The van der Waals surface area contributed by atoms with Gasteiger partial charge in [0.2, 0.25) is 0 Å². The molecular weight excluding hydrogens is 250 g/mol. The quantitative estimate of drug-likeness (QED) is 0.849. The number of rotatable bonds is 6. The van der Waals surface area contributed by atoms with Crippen molar-refractivity contribution in [2.45, 2.75) is 19.5 Å². The smallest absolute Gasteiger partial charge is 0.121 e. The average molecular weight is 271 g/mol. The van der Waals surface area contributed by atoms with E-state index in [0.29, 0.717) is 6.54 Å². The van der Waals surface area contributed by atoms with Crippen molar-refractivity contribution >= 4 is 0 Å². The van der Waals surface area contributed by atoms with Gasteiger partial charge in [0.1, 0.15) is 5.75 Å². The first-order valence-corrected chi connectivity index (χ1v) is 6.77. The summed E-state index contributed by atoms with van der Waals surface area (Å²) in [7, 11) is 1.68. The molecule has 0 aliphatic carbocycles. The molecule has 0 aromatic heterocycles. The summed E-state index contributed by atoms with van der Waals surface area (Å²) < 4.78 is 5.26. The van der Waals surface area contributed by atoms with Crippen LogP contribution in [0.1, 0.15) is 22.7 Å². The Labute approximate surface area is 120 Å². The number of aryl methyl sites for hydroxylation is 1. The van der Waals surface area contributed by atoms with Gasteiger partial charge in [-0.15, -0.1) is 0 Å². The Kier molecular flexibility index (Phi) is 5.16. The lowest BCUT2D eigenvalue weighted by molar-refractivity contribution is 0.243. The normalized spacial score (nSPS) is 12.2. The molecule has 0 heterocycles. The van der Waals surface area contributed by atoms with E-state index in [2.05, 4.69) is 11.4 Å². The van der Waals surface area contributed by atoms with Gasteiger partial charge in [0.25, 0.3) is 0 Å². The molecule has 0 aliphatic heterocycles. The van der Waals surface area contributed by atoms with Crippen LogP contribution in [0.5, 0.6) is 5.75 Å². The van der Waals surface area contributed by atoms with Crippen molar-refractivity contribution in [1.82, 2.24) is 5.32 Å². The van der Waals surface area contributed by atoms with Crippen LogP contribution in [0.2, 0.25) is 0 Å². The zero-order valence-electron chi connectivity index (χ0n) is 12.0. The number of ether oxygens (including phenoxy) is 1. The second-order valence-electron chi connectivity index (χ2n) is 4.83. The molecule has 2 N–H and O–H groups in total. The lowest BCUT2D eigenvalue weighted by Crippen LogP contribution is -2.23. The van der Waals surface area contributed by atoms with Crippen molar-refractivity contribution in [2.24, 2.45) is 0 Å². The first-order chi connectivity index (χ1) is 9.74. The van der Waals surface area contributed by atoms with Gasteiger partial charge in [-0.25, -0.2) is 0 Å². The highest BCUT2D eigenvalue weighted by Gasteiger charge is 2.09. The maximum absolute atomic E-state index is 9.51. The highest BCUT2D eigenvalue weighted by molar-refractivity contribution is 5.36. The summed E-state index contributed by atoms with van der Waals surface area (Å²) in [4.78, 5) is 0. The van der Waals surface area contributed by atoms with Crippen LogP contribution in [0, 0.1) is 6.92 Å². The summed E-state index contributed by atoms with van der Waals surface area (Å²) in [6, 6.07) is 16.1. The number of aliphatic hydroxyl groups is 1. The lowest BCUT2D eigenvalue weighted by atomic mass is 10.1. The number of hydrogen-bond acceptors (Lipinski definition) is 3. The first-order valence-electron chi connectivity index (χ1n) is 6.77. The second kappa shape index (κ2) is 7.08. The number of aliphatic hydroxyl groups excluding tert-OH is 1. The van der Waals surface area contributed by atoms with Gasteiger partial charge in [-0.05, 0) is 29.7 Å². The van der Waals surface area contributed by atoms with Gasteiger partial charge in [-0.1, -0.05) is 42.5 Å².